The molecule has 1 saturated heterocycles. The molecule has 1 aliphatic heterocycles. The maximum atomic E-state index is 14.4. The number of rotatable bonds is 7. The monoisotopic (exact) mass is 531 g/mol. The lowest BCUT2D eigenvalue weighted by atomic mass is 10.0. The molecule has 200 valence electrons. The zero-order valence-electron chi connectivity index (χ0n) is 21.6. The van der Waals surface area contributed by atoms with E-state index in [4.69, 9.17) is 4.74 Å². The summed E-state index contributed by atoms with van der Waals surface area (Å²) in [6.45, 7) is 2.69. The molecule has 1 aliphatic rings. The molecule has 5 rings (SSSR count). The molecule has 39 heavy (non-hydrogen) atoms. The number of aryl methyl sites for hydroxylation is 1. The number of fused-ring (bicyclic) bond motifs is 1. The number of alkyl halides is 1. The van der Waals surface area contributed by atoms with Crippen LogP contribution in [-0.4, -0.2) is 73.1 Å². The summed E-state index contributed by atoms with van der Waals surface area (Å²) >= 11 is 0. The fraction of sp³-hybridized carbons (Fsp3) is 0.296. The SMILES string of the molecule is COc1cccc(NC(=O)[C@@H]2C[C@@H](F)CN2C(=O)Cn2nc(C(C)=O)c3cc(-c4cnc(C)nc4)ccc32)n1. The van der Waals surface area contributed by atoms with E-state index in [0.29, 0.717) is 22.6 Å². The number of amides is 2. The van der Waals surface area contributed by atoms with Crippen LogP contribution in [0.3, 0.4) is 0 Å². The Hall–Kier alpha value is -4.74. The number of Topliss-reactive ketones (excluding diaryl/α,β-unsaturated/α-hetero) is 1. The highest BCUT2D eigenvalue weighted by molar-refractivity contribution is 6.06. The Bertz CT molecular complexity index is 1570. The third-order valence-electron chi connectivity index (χ3n) is 6.54. The predicted molar refractivity (Wildman–Crippen MR) is 140 cm³/mol. The number of aromatic nitrogens is 5. The maximum Gasteiger partial charge on any atom is 0.248 e. The van der Waals surface area contributed by atoms with Crippen LogP contribution in [0, 0.1) is 6.92 Å². The number of benzene rings is 1. The fourth-order valence-electron chi connectivity index (χ4n) is 4.62. The van der Waals surface area contributed by atoms with Crippen molar-refractivity contribution in [2.75, 3.05) is 19.0 Å². The van der Waals surface area contributed by atoms with E-state index >= 15 is 0 Å². The molecule has 11 nitrogen and oxygen atoms in total. The highest BCUT2D eigenvalue weighted by Gasteiger charge is 2.40. The summed E-state index contributed by atoms with van der Waals surface area (Å²) in [5.74, 6) is -0.141. The van der Waals surface area contributed by atoms with Gasteiger partial charge in [0.05, 0.1) is 19.2 Å². The van der Waals surface area contributed by atoms with Crippen molar-refractivity contribution in [3.8, 4) is 17.0 Å². The number of hydrogen-bond donors (Lipinski definition) is 1. The van der Waals surface area contributed by atoms with E-state index in [1.165, 1.54) is 23.6 Å². The standard InChI is InChI=1S/C27H26FN7O4/c1-15(36)26-20-9-17(18-11-29-16(2)30-12-18)7-8-21(20)35(33-26)14-25(37)34-13-19(28)10-22(34)27(38)32-23-5-4-6-24(31-23)39-3/h4-9,11-12,19,22H,10,13-14H2,1-3H3,(H,31,32,38)/t19-,22+/m1/s1. The number of nitrogens with zero attached hydrogens (tertiary/aromatic N) is 6. The molecular weight excluding hydrogens is 505 g/mol. The van der Waals surface area contributed by atoms with Gasteiger partial charge in [-0.1, -0.05) is 12.1 Å². The molecule has 2 amide bonds. The van der Waals surface area contributed by atoms with Crippen molar-refractivity contribution in [2.45, 2.75) is 39.0 Å². The van der Waals surface area contributed by atoms with Crippen molar-refractivity contribution >= 4 is 34.3 Å². The number of methoxy groups -OCH3 is 1. The Morgan fingerprint density at radius 3 is 2.62 bits per heavy atom. The van der Waals surface area contributed by atoms with Gasteiger partial charge < -0.3 is 15.0 Å². The summed E-state index contributed by atoms with van der Waals surface area (Å²) < 4.78 is 20.9. The summed E-state index contributed by atoms with van der Waals surface area (Å²) in [4.78, 5) is 52.5. The quantitative estimate of drug-likeness (QED) is 0.360. The number of nitrogens with one attached hydrogen (secondary N) is 1. The second-order valence-corrected chi connectivity index (χ2v) is 9.26. The second-order valence-electron chi connectivity index (χ2n) is 9.26. The van der Waals surface area contributed by atoms with E-state index in [1.807, 2.05) is 6.07 Å². The van der Waals surface area contributed by atoms with E-state index < -0.39 is 24.0 Å². The molecule has 0 unspecified atom stereocenters. The molecule has 3 aromatic heterocycles. The van der Waals surface area contributed by atoms with Crippen LogP contribution >= 0.6 is 0 Å². The molecule has 12 heteroatoms. The van der Waals surface area contributed by atoms with Crippen molar-refractivity contribution in [3.63, 3.8) is 0 Å². The Labute approximate surface area is 223 Å². The van der Waals surface area contributed by atoms with Gasteiger partial charge in [0.2, 0.25) is 17.7 Å². The number of pyridine rings is 1. The number of ketones is 1. The molecular formula is C27H26FN7O4. The minimum Gasteiger partial charge on any atom is -0.481 e. The average molecular weight is 532 g/mol. The molecule has 0 aliphatic carbocycles. The van der Waals surface area contributed by atoms with Crippen molar-refractivity contribution < 1.29 is 23.5 Å². The third-order valence-corrected chi connectivity index (χ3v) is 6.54. The van der Waals surface area contributed by atoms with Gasteiger partial charge in [0.15, 0.2) is 5.78 Å². The number of carbonyl (C=O) groups is 3. The number of carbonyl (C=O) groups excluding carboxylic acids is 3. The largest absolute Gasteiger partial charge is 0.481 e. The number of likely N-dealkylation sites (tertiary alicyclic amines) is 1. The summed E-state index contributed by atoms with van der Waals surface area (Å²) in [6, 6.07) is 9.22. The molecule has 4 aromatic rings. The molecule has 4 heterocycles. The minimum atomic E-state index is -1.36. The van der Waals surface area contributed by atoms with Crippen LogP contribution in [0.5, 0.6) is 5.88 Å². The van der Waals surface area contributed by atoms with Crippen LogP contribution < -0.4 is 10.1 Å². The average Bonchev–Trinajstić information content (AvgIpc) is 3.49. The van der Waals surface area contributed by atoms with Crippen LogP contribution in [0.4, 0.5) is 10.2 Å². The second kappa shape index (κ2) is 10.6. The lowest BCUT2D eigenvalue weighted by molar-refractivity contribution is -0.137. The van der Waals surface area contributed by atoms with E-state index in [9.17, 15) is 18.8 Å². The first kappa shape index (κ1) is 25.9. The molecule has 2 atom stereocenters. The molecule has 0 spiro atoms. The fourth-order valence-corrected chi connectivity index (χ4v) is 4.62. The van der Waals surface area contributed by atoms with Crippen LogP contribution in [0.2, 0.25) is 0 Å². The smallest absolute Gasteiger partial charge is 0.248 e. The van der Waals surface area contributed by atoms with E-state index in [-0.39, 0.29) is 36.8 Å². The van der Waals surface area contributed by atoms with Crippen molar-refractivity contribution in [1.82, 2.24) is 29.6 Å². The van der Waals surface area contributed by atoms with E-state index in [2.05, 4.69) is 25.4 Å². The van der Waals surface area contributed by atoms with Gasteiger partial charge in [-0.15, -0.1) is 0 Å². The predicted octanol–water partition coefficient (Wildman–Crippen LogP) is 2.99. The minimum absolute atomic E-state index is 0.137. The lowest BCUT2D eigenvalue weighted by Gasteiger charge is -2.23. The number of anilines is 1. The summed E-state index contributed by atoms with van der Waals surface area (Å²) in [6.07, 6.45) is 1.89. The normalized spacial score (nSPS) is 16.9. The van der Waals surface area contributed by atoms with Gasteiger partial charge in [-0.2, -0.15) is 10.1 Å². The molecule has 1 N–H and O–H groups in total. The zero-order chi connectivity index (χ0) is 27.7. The van der Waals surface area contributed by atoms with Crippen molar-refractivity contribution in [1.29, 1.82) is 0 Å². The number of hydrogen-bond acceptors (Lipinski definition) is 8. The number of ether oxygens (including phenoxy) is 1. The Kier molecular flexibility index (Phi) is 7.01. The van der Waals surface area contributed by atoms with Crippen LogP contribution in [0.25, 0.3) is 22.0 Å². The van der Waals surface area contributed by atoms with Crippen molar-refractivity contribution in [3.05, 3.63) is 60.3 Å². The topological polar surface area (TPSA) is 132 Å². The van der Waals surface area contributed by atoms with Gasteiger partial charge in [-0.3, -0.25) is 19.1 Å². The van der Waals surface area contributed by atoms with E-state index in [0.717, 1.165) is 11.1 Å². The summed E-state index contributed by atoms with van der Waals surface area (Å²) in [5, 5.41) is 7.60. The van der Waals surface area contributed by atoms with Gasteiger partial charge in [0.1, 0.15) is 36.1 Å². The first-order valence-electron chi connectivity index (χ1n) is 12.3. The van der Waals surface area contributed by atoms with Gasteiger partial charge in [-0.25, -0.2) is 14.4 Å². The van der Waals surface area contributed by atoms with E-state index in [1.54, 1.807) is 49.6 Å². The van der Waals surface area contributed by atoms with Crippen LogP contribution in [0.1, 0.15) is 29.7 Å². The first-order chi connectivity index (χ1) is 18.7. The van der Waals surface area contributed by atoms with Gasteiger partial charge in [-0.05, 0) is 30.7 Å². The Morgan fingerprint density at radius 1 is 1.13 bits per heavy atom. The lowest BCUT2D eigenvalue weighted by Crippen LogP contribution is -2.44. The molecule has 0 saturated carbocycles. The number of halogens is 1. The van der Waals surface area contributed by atoms with Gasteiger partial charge in [0, 0.05) is 42.8 Å². The third kappa shape index (κ3) is 5.31. The highest BCUT2D eigenvalue weighted by atomic mass is 19.1. The molecule has 1 fully saturated rings. The molecule has 1 aromatic carbocycles. The van der Waals surface area contributed by atoms with Crippen molar-refractivity contribution in [2.24, 2.45) is 0 Å². The maximum absolute atomic E-state index is 14.4. The summed E-state index contributed by atoms with van der Waals surface area (Å²) in [5.41, 5.74) is 2.32. The van der Waals surface area contributed by atoms with Gasteiger partial charge in [0.25, 0.3) is 0 Å². The molecule has 0 bridgehead atoms. The van der Waals surface area contributed by atoms with Crippen LogP contribution in [-0.2, 0) is 16.1 Å². The Balaban J connectivity index is 1.40. The highest BCUT2D eigenvalue weighted by Crippen LogP contribution is 2.28. The van der Waals surface area contributed by atoms with Crippen LogP contribution in [0.15, 0.2) is 48.8 Å². The summed E-state index contributed by atoms with van der Waals surface area (Å²) in [7, 11) is 1.45. The first-order valence-corrected chi connectivity index (χ1v) is 12.3. The zero-order valence-corrected chi connectivity index (χ0v) is 21.6. The molecule has 0 radical (unpaired) electrons. The Morgan fingerprint density at radius 2 is 1.90 bits per heavy atom. The van der Waals surface area contributed by atoms with Gasteiger partial charge >= 0.3 is 0 Å².